The minimum absolute atomic E-state index is 0.171. The molecule has 118 valence electrons. The first-order valence-electron chi connectivity index (χ1n) is 7.15. The van der Waals surface area contributed by atoms with Gasteiger partial charge in [-0.1, -0.05) is 22.9 Å². The molecular weight excluding hydrogens is 324 g/mol. The molecule has 1 fully saturated rings. The molecule has 0 bridgehead atoms. The van der Waals surface area contributed by atoms with Crippen LogP contribution in [0.1, 0.15) is 12.8 Å². The number of pyridine rings is 1. The molecule has 0 aliphatic carbocycles. The molecular formula is C14H17ClN4O2S. The number of nitrogens with zero attached hydrogens (tertiary/aromatic N) is 3. The van der Waals surface area contributed by atoms with E-state index >= 15 is 0 Å². The lowest BCUT2D eigenvalue weighted by molar-refractivity contribution is 0.0464. The quantitative estimate of drug-likeness (QED) is 0.871. The van der Waals surface area contributed by atoms with Gasteiger partial charge in [0.05, 0.1) is 6.61 Å². The van der Waals surface area contributed by atoms with Crippen molar-refractivity contribution in [3.05, 3.63) is 17.3 Å². The molecule has 3 heterocycles. The summed E-state index contributed by atoms with van der Waals surface area (Å²) in [6, 6.07) is 3.31. The minimum atomic E-state index is -0.171. The Kier molecular flexibility index (Phi) is 4.75. The average Bonchev–Trinajstić information content (AvgIpc) is 2.89. The van der Waals surface area contributed by atoms with Crippen LogP contribution in [-0.4, -0.2) is 47.7 Å². The molecule has 1 aliphatic heterocycles. The lowest BCUT2D eigenvalue weighted by Crippen LogP contribution is -2.37. The fourth-order valence-corrected chi connectivity index (χ4v) is 3.48. The Morgan fingerprint density at radius 1 is 1.55 bits per heavy atom. The lowest BCUT2D eigenvalue weighted by Gasteiger charge is -2.26. The third-order valence-electron chi connectivity index (χ3n) is 3.57. The number of nitrogens with one attached hydrogen (secondary N) is 1. The number of hydrogen-bond donors (Lipinski definition) is 1. The smallest absolute Gasteiger partial charge is 0.323 e. The highest BCUT2D eigenvalue weighted by Gasteiger charge is 2.19. The topological polar surface area (TPSA) is 67.3 Å². The Balaban J connectivity index is 1.61. The Morgan fingerprint density at radius 3 is 3.18 bits per heavy atom. The van der Waals surface area contributed by atoms with Gasteiger partial charge in [0.1, 0.15) is 15.5 Å². The fourth-order valence-electron chi connectivity index (χ4n) is 2.46. The Bertz CT molecular complexity index is 672. The number of urea groups is 1. The number of amides is 2. The van der Waals surface area contributed by atoms with Crippen molar-refractivity contribution in [1.29, 1.82) is 0 Å². The number of ether oxygens (including phenoxy) is 1. The molecule has 2 aromatic heterocycles. The Morgan fingerprint density at radius 2 is 2.41 bits per heavy atom. The number of thiazole rings is 1. The van der Waals surface area contributed by atoms with Gasteiger partial charge in [-0.15, -0.1) is 0 Å². The second kappa shape index (κ2) is 6.76. The molecule has 1 unspecified atom stereocenters. The van der Waals surface area contributed by atoms with E-state index in [0.717, 1.165) is 31.6 Å². The number of halogens is 1. The van der Waals surface area contributed by atoms with E-state index in [1.807, 2.05) is 0 Å². The molecule has 0 saturated carbocycles. The van der Waals surface area contributed by atoms with E-state index < -0.39 is 0 Å². The predicted octanol–water partition coefficient (Wildman–Crippen LogP) is 3.24. The normalized spacial score (nSPS) is 18.4. The van der Waals surface area contributed by atoms with Crippen molar-refractivity contribution in [3.8, 4) is 0 Å². The van der Waals surface area contributed by atoms with Gasteiger partial charge >= 0.3 is 6.03 Å². The third-order valence-corrected chi connectivity index (χ3v) is 4.66. The number of aromatic nitrogens is 2. The first-order valence-corrected chi connectivity index (χ1v) is 8.34. The van der Waals surface area contributed by atoms with E-state index in [0.29, 0.717) is 27.6 Å². The van der Waals surface area contributed by atoms with Gasteiger partial charge in [0.25, 0.3) is 0 Å². The van der Waals surface area contributed by atoms with Crippen molar-refractivity contribution in [2.75, 3.05) is 32.1 Å². The largest absolute Gasteiger partial charge is 0.381 e. The zero-order valence-electron chi connectivity index (χ0n) is 12.2. The van der Waals surface area contributed by atoms with Crippen molar-refractivity contribution in [3.63, 3.8) is 0 Å². The van der Waals surface area contributed by atoms with Gasteiger partial charge in [-0.3, -0.25) is 5.32 Å². The molecule has 2 amide bonds. The van der Waals surface area contributed by atoms with Crippen LogP contribution in [-0.2, 0) is 4.74 Å². The Hall–Kier alpha value is -1.44. The van der Waals surface area contributed by atoms with Crippen LogP contribution < -0.4 is 5.32 Å². The average molecular weight is 341 g/mol. The van der Waals surface area contributed by atoms with E-state index in [4.69, 9.17) is 16.3 Å². The maximum absolute atomic E-state index is 12.2. The van der Waals surface area contributed by atoms with Crippen molar-refractivity contribution in [1.82, 2.24) is 14.9 Å². The number of anilines is 1. The van der Waals surface area contributed by atoms with Crippen molar-refractivity contribution in [2.45, 2.75) is 12.8 Å². The molecule has 0 aromatic carbocycles. The first kappa shape index (κ1) is 15.5. The van der Waals surface area contributed by atoms with Gasteiger partial charge in [0.15, 0.2) is 5.13 Å². The summed E-state index contributed by atoms with van der Waals surface area (Å²) in [7, 11) is 1.78. The summed E-state index contributed by atoms with van der Waals surface area (Å²) in [5.74, 6) is 0.403. The van der Waals surface area contributed by atoms with Crippen LogP contribution in [0.3, 0.4) is 0 Å². The second-order valence-electron chi connectivity index (χ2n) is 5.37. The second-order valence-corrected chi connectivity index (χ2v) is 6.74. The van der Waals surface area contributed by atoms with Crippen LogP contribution >= 0.6 is 22.9 Å². The van der Waals surface area contributed by atoms with Gasteiger partial charge in [0, 0.05) is 26.1 Å². The molecule has 6 nitrogen and oxygen atoms in total. The highest BCUT2D eigenvalue weighted by Crippen LogP contribution is 2.25. The number of carbonyl (C=O) groups is 1. The highest BCUT2D eigenvalue weighted by atomic mass is 35.5. The number of fused-ring (bicyclic) bond motifs is 1. The predicted molar refractivity (Wildman–Crippen MR) is 87.6 cm³/mol. The number of hydrogen-bond acceptors (Lipinski definition) is 5. The summed E-state index contributed by atoms with van der Waals surface area (Å²) in [6.45, 7) is 2.23. The van der Waals surface area contributed by atoms with Gasteiger partial charge in [-0.05, 0) is 25.0 Å². The molecule has 0 spiro atoms. The fraction of sp³-hybridized carbons (Fsp3) is 0.500. The maximum atomic E-state index is 12.2. The SMILES string of the molecule is CN(CC1CCCOC1)C(=O)Nc1nc2ccc(Cl)nc2s1. The zero-order valence-corrected chi connectivity index (χ0v) is 13.8. The van der Waals surface area contributed by atoms with Crippen LogP contribution in [0.15, 0.2) is 12.1 Å². The highest BCUT2D eigenvalue weighted by molar-refractivity contribution is 7.22. The van der Waals surface area contributed by atoms with Crippen molar-refractivity contribution in [2.24, 2.45) is 5.92 Å². The summed E-state index contributed by atoms with van der Waals surface area (Å²) in [5.41, 5.74) is 0.730. The van der Waals surface area contributed by atoms with Crippen molar-refractivity contribution >= 4 is 44.4 Å². The molecule has 1 aliphatic rings. The van der Waals surface area contributed by atoms with E-state index in [9.17, 15) is 4.79 Å². The zero-order chi connectivity index (χ0) is 15.5. The van der Waals surface area contributed by atoms with Gasteiger partial charge in [-0.2, -0.15) is 0 Å². The summed E-state index contributed by atoms with van der Waals surface area (Å²) >= 11 is 7.17. The van der Waals surface area contributed by atoms with E-state index in [2.05, 4.69) is 15.3 Å². The summed E-state index contributed by atoms with van der Waals surface area (Å²) in [5, 5.41) is 3.76. The molecule has 2 aromatic rings. The van der Waals surface area contributed by atoms with E-state index in [1.54, 1.807) is 24.1 Å². The van der Waals surface area contributed by atoms with Crippen LogP contribution in [0.25, 0.3) is 10.3 Å². The molecule has 1 saturated heterocycles. The minimum Gasteiger partial charge on any atom is -0.381 e. The van der Waals surface area contributed by atoms with Gasteiger partial charge < -0.3 is 9.64 Å². The third kappa shape index (κ3) is 3.66. The van der Waals surface area contributed by atoms with Crippen LogP contribution in [0.4, 0.5) is 9.93 Å². The monoisotopic (exact) mass is 340 g/mol. The van der Waals surface area contributed by atoms with Crippen LogP contribution in [0.2, 0.25) is 5.15 Å². The van der Waals surface area contributed by atoms with E-state index in [-0.39, 0.29) is 6.03 Å². The molecule has 1 N–H and O–H groups in total. The van der Waals surface area contributed by atoms with Crippen molar-refractivity contribution < 1.29 is 9.53 Å². The lowest BCUT2D eigenvalue weighted by atomic mass is 10.0. The summed E-state index contributed by atoms with van der Waals surface area (Å²) in [4.78, 5) is 23.1. The van der Waals surface area contributed by atoms with Gasteiger partial charge in [0.2, 0.25) is 0 Å². The first-order chi connectivity index (χ1) is 10.6. The van der Waals surface area contributed by atoms with Gasteiger partial charge in [-0.25, -0.2) is 14.8 Å². The summed E-state index contributed by atoms with van der Waals surface area (Å²) in [6.07, 6.45) is 2.16. The molecule has 1 atom stereocenters. The standard InChI is InChI=1S/C14H17ClN4O2S/c1-19(7-9-3-2-6-21-8-9)14(20)18-13-16-10-4-5-11(15)17-12(10)22-13/h4-5,9H,2-3,6-8H2,1H3,(H,16,18,20). The Labute approximate surface area is 137 Å². The molecule has 0 radical (unpaired) electrons. The number of rotatable bonds is 3. The maximum Gasteiger partial charge on any atom is 0.323 e. The summed E-state index contributed by atoms with van der Waals surface area (Å²) < 4.78 is 5.44. The molecule has 8 heteroatoms. The van der Waals surface area contributed by atoms with Crippen LogP contribution in [0.5, 0.6) is 0 Å². The molecule has 22 heavy (non-hydrogen) atoms. The number of carbonyl (C=O) groups excluding carboxylic acids is 1. The van der Waals surface area contributed by atoms with E-state index in [1.165, 1.54) is 11.3 Å². The van der Waals surface area contributed by atoms with Crippen LogP contribution in [0, 0.1) is 5.92 Å². The molecule has 3 rings (SSSR count).